The molecule has 0 saturated carbocycles. The number of aromatic amines is 1. The van der Waals surface area contributed by atoms with Crippen LogP contribution in [0.2, 0.25) is 0 Å². The highest BCUT2D eigenvalue weighted by atomic mass is 32.1. The molecule has 0 bridgehead atoms. The number of nitrogens with one attached hydrogen (secondary N) is 1. The molecule has 4 aromatic rings. The number of ether oxygens (including phenoxy) is 1. The summed E-state index contributed by atoms with van der Waals surface area (Å²) in [6.07, 6.45) is 2.52. The van der Waals surface area contributed by atoms with Crippen molar-refractivity contribution in [1.82, 2.24) is 19.5 Å². The van der Waals surface area contributed by atoms with Gasteiger partial charge in [-0.3, -0.25) is 14.3 Å². The molecule has 0 spiro atoms. The lowest BCUT2D eigenvalue weighted by Crippen LogP contribution is -2.33. The molecule has 2 aromatic carbocycles. The summed E-state index contributed by atoms with van der Waals surface area (Å²) in [6.45, 7) is 4.02. The largest absolute Gasteiger partial charge is 0.494 e. The average molecular weight is 432 g/mol. The van der Waals surface area contributed by atoms with E-state index in [-0.39, 0.29) is 5.56 Å². The van der Waals surface area contributed by atoms with Crippen molar-refractivity contribution in [2.75, 3.05) is 18.1 Å². The Hall–Kier alpha value is -3.52. The lowest BCUT2D eigenvalue weighted by Gasteiger charge is -2.29. The zero-order chi connectivity index (χ0) is 21.4. The van der Waals surface area contributed by atoms with Crippen LogP contribution in [0.3, 0.4) is 0 Å². The molecule has 7 nitrogen and oxygen atoms in total. The van der Waals surface area contributed by atoms with Gasteiger partial charge < -0.3 is 9.64 Å². The maximum absolute atomic E-state index is 13.0. The van der Waals surface area contributed by atoms with Gasteiger partial charge in [0.15, 0.2) is 5.65 Å². The van der Waals surface area contributed by atoms with Crippen LogP contribution < -0.4 is 15.2 Å². The van der Waals surface area contributed by atoms with Gasteiger partial charge in [0.1, 0.15) is 22.1 Å². The van der Waals surface area contributed by atoms with E-state index in [1.165, 1.54) is 11.1 Å². The van der Waals surface area contributed by atoms with Gasteiger partial charge in [-0.25, -0.2) is 4.98 Å². The third-order valence-corrected chi connectivity index (χ3v) is 5.87. The van der Waals surface area contributed by atoms with E-state index in [1.807, 2.05) is 37.3 Å². The van der Waals surface area contributed by atoms with Gasteiger partial charge >= 0.3 is 0 Å². The molecule has 31 heavy (non-hydrogen) atoms. The van der Waals surface area contributed by atoms with Crippen molar-refractivity contribution < 1.29 is 4.74 Å². The van der Waals surface area contributed by atoms with Crippen LogP contribution in [-0.4, -0.2) is 32.7 Å². The molecule has 0 saturated heterocycles. The molecule has 0 atom stereocenters. The number of benzene rings is 2. The standard InChI is InChI=1S/C23H21N5O2S/c1-2-30-18-9-7-17(8-10-18)28-14-24-20-19(22(28)31)21(29)26-23(25-20)27-12-11-15-5-3-4-6-16(15)13-27/h3-10,14H,2,11-13H2,1H3,(H,25,26,29). The van der Waals surface area contributed by atoms with Gasteiger partial charge in [0.2, 0.25) is 5.95 Å². The molecular weight excluding hydrogens is 410 g/mol. The molecule has 8 heteroatoms. The smallest absolute Gasteiger partial charge is 0.264 e. The minimum atomic E-state index is -0.281. The van der Waals surface area contributed by atoms with Gasteiger partial charge in [-0.1, -0.05) is 36.5 Å². The topological polar surface area (TPSA) is 76.0 Å². The fourth-order valence-electron chi connectivity index (χ4n) is 3.90. The van der Waals surface area contributed by atoms with E-state index in [1.54, 1.807) is 10.9 Å². The predicted octanol–water partition coefficient (Wildman–Crippen LogP) is 3.80. The van der Waals surface area contributed by atoms with Crippen molar-refractivity contribution >= 4 is 29.2 Å². The van der Waals surface area contributed by atoms with Crippen LogP contribution in [-0.2, 0) is 13.0 Å². The Morgan fingerprint density at radius 2 is 1.90 bits per heavy atom. The Morgan fingerprint density at radius 1 is 1.13 bits per heavy atom. The Kier molecular flexibility index (Phi) is 4.99. The predicted molar refractivity (Wildman–Crippen MR) is 123 cm³/mol. The summed E-state index contributed by atoms with van der Waals surface area (Å²) in [5, 5.41) is 0.313. The summed E-state index contributed by atoms with van der Waals surface area (Å²) < 4.78 is 7.57. The van der Waals surface area contributed by atoms with Gasteiger partial charge in [0, 0.05) is 18.8 Å². The molecule has 0 aliphatic carbocycles. The summed E-state index contributed by atoms with van der Waals surface area (Å²) in [4.78, 5) is 27.0. The average Bonchev–Trinajstić information content (AvgIpc) is 2.79. The van der Waals surface area contributed by atoms with E-state index in [4.69, 9.17) is 17.0 Å². The molecule has 0 unspecified atom stereocenters. The zero-order valence-electron chi connectivity index (χ0n) is 17.0. The Bertz CT molecular complexity index is 1380. The monoisotopic (exact) mass is 431 g/mol. The molecule has 0 fully saturated rings. The molecule has 0 radical (unpaired) electrons. The Balaban J connectivity index is 1.52. The number of nitrogens with zero attached hydrogens (tertiary/aromatic N) is 4. The number of hydrogen-bond acceptors (Lipinski definition) is 6. The Labute approximate surface area is 184 Å². The highest BCUT2D eigenvalue weighted by Crippen LogP contribution is 2.23. The first-order valence-corrected chi connectivity index (χ1v) is 10.6. The van der Waals surface area contributed by atoms with Crippen LogP contribution >= 0.6 is 12.2 Å². The fraction of sp³-hybridized carbons (Fsp3) is 0.217. The second-order valence-electron chi connectivity index (χ2n) is 7.38. The number of aromatic nitrogens is 4. The summed E-state index contributed by atoms with van der Waals surface area (Å²) in [7, 11) is 0. The second kappa shape index (κ2) is 7.96. The van der Waals surface area contributed by atoms with E-state index in [0.717, 1.165) is 24.4 Å². The van der Waals surface area contributed by atoms with Crippen molar-refractivity contribution in [1.29, 1.82) is 0 Å². The van der Waals surface area contributed by atoms with Gasteiger partial charge in [0.05, 0.1) is 6.61 Å². The SMILES string of the molecule is CCOc1ccc(-n2cnc3nc(N4CCc5ccccc5C4)[nH]c(=O)c3c2=S)cc1. The van der Waals surface area contributed by atoms with Crippen LogP contribution in [0.15, 0.2) is 59.7 Å². The lowest BCUT2D eigenvalue weighted by molar-refractivity contribution is 0.340. The molecule has 2 aromatic heterocycles. The lowest BCUT2D eigenvalue weighted by atomic mass is 10.0. The van der Waals surface area contributed by atoms with Crippen molar-refractivity contribution in [3.63, 3.8) is 0 Å². The van der Waals surface area contributed by atoms with Gasteiger partial charge in [-0.05, 0) is 48.7 Å². The summed E-state index contributed by atoms with van der Waals surface area (Å²) in [6, 6.07) is 15.8. The van der Waals surface area contributed by atoms with Crippen LogP contribution in [0.4, 0.5) is 5.95 Å². The number of fused-ring (bicyclic) bond motifs is 2. The van der Waals surface area contributed by atoms with Crippen molar-refractivity contribution in [3.05, 3.63) is 81.0 Å². The first kappa shape index (κ1) is 19.4. The third-order valence-electron chi connectivity index (χ3n) is 5.47. The van der Waals surface area contributed by atoms with Gasteiger partial charge in [-0.2, -0.15) is 4.98 Å². The van der Waals surface area contributed by atoms with Gasteiger partial charge in [0.25, 0.3) is 5.56 Å². The van der Waals surface area contributed by atoms with Crippen LogP contribution in [0.1, 0.15) is 18.1 Å². The third kappa shape index (κ3) is 3.59. The van der Waals surface area contributed by atoms with Crippen LogP contribution in [0.5, 0.6) is 5.75 Å². The van der Waals surface area contributed by atoms with E-state index in [9.17, 15) is 4.79 Å². The molecule has 3 heterocycles. The first-order chi connectivity index (χ1) is 15.1. The van der Waals surface area contributed by atoms with E-state index in [0.29, 0.717) is 34.8 Å². The van der Waals surface area contributed by atoms with Crippen LogP contribution in [0.25, 0.3) is 16.7 Å². The highest BCUT2D eigenvalue weighted by Gasteiger charge is 2.19. The number of rotatable bonds is 4. The minimum Gasteiger partial charge on any atom is -0.494 e. The van der Waals surface area contributed by atoms with Crippen LogP contribution in [0, 0.1) is 4.64 Å². The molecule has 5 rings (SSSR count). The first-order valence-electron chi connectivity index (χ1n) is 10.2. The minimum absolute atomic E-state index is 0.281. The Morgan fingerprint density at radius 3 is 2.68 bits per heavy atom. The van der Waals surface area contributed by atoms with Gasteiger partial charge in [-0.15, -0.1) is 0 Å². The molecule has 156 valence electrons. The molecular formula is C23H21N5O2S. The quantitative estimate of drug-likeness (QED) is 0.496. The number of anilines is 1. The molecule has 1 N–H and O–H groups in total. The highest BCUT2D eigenvalue weighted by molar-refractivity contribution is 7.71. The maximum Gasteiger partial charge on any atom is 0.264 e. The summed E-state index contributed by atoms with van der Waals surface area (Å²) >= 11 is 5.62. The second-order valence-corrected chi connectivity index (χ2v) is 7.76. The van der Waals surface area contributed by atoms with E-state index in [2.05, 4.69) is 38.1 Å². The molecule has 1 aliphatic heterocycles. The number of H-pyrrole nitrogens is 1. The maximum atomic E-state index is 13.0. The van der Waals surface area contributed by atoms with Crippen molar-refractivity contribution in [2.45, 2.75) is 19.9 Å². The summed E-state index contributed by atoms with van der Waals surface area (Å²) in [5.74, 6) is 1.30. The fourth-order valence-corrected chi connectivity index (χ4v) is 4.24. The van der Waals surface area contributed by atoms with E-state index < -0.39 is 0 Å². The summed E-state index contributed by atoms with van der Waals surface area (Å²) in [5.41, 5.74) is 3.46. The normalized spacial score (nSPS) is 13.3. The van der Waals surface area contributed by atoms with E-state index >= 15 is 0 Å². The molecule has 1 aliphatic rings. The van der Waals surface area contributed by atoms with Crippen molar-refractivity contribution in [3.8, 4) is 11.4 Å². The molecule has 0 amide bonds. The zero-order valence-corrected chi connectivity index (χ0v) is 17.9. The number of hydrogen-bond donors (Lipinski definition) is 1. The van der Waals surface area contributed by atoms with Crippen molar-refractivity contribution in [2.24, 2.45) is 0 Å².